The molecule has 2 atom stereocenters. The van der Waals surface area contributed by atoms with E-state index in [9.17, 15) is 9.90 Å². The number of carbonyl (C=O) groups is 1. The number of hydrogen-bond donors (Lipinski definition) is 1. The monoisotopic (exact) mass is 263 g/mol. The third kappa shape index (κ3) is 3.22. The first-order valence-electron chi connectivity index (χ1n) is 6.82. The summed E-state index contributed by atoms with van der Waals surface area (Å²) in [6.07, 6.45) is 1.54. The Morgan fingerprint density at radius 2 is 2.21 bits per heavy atom. The Morgan fingerprint density at radius 3 is 2.84 bits per heavy atom. The molecule has 1 N–H and O–H groups in total. The summed E-state index contributed by atoms with van der Waals surface area (Å²) in [4.78, 5) is 22.2. The van der Waals surface area contributed by atoms with Crippen LogP contribution in [0, 0.1) is 18.8 Å². The Bertz CT molecular complexity index is 476. The molecule has 1 saturated heterocycles. The van der Waals surface area contributed by atoms with Gasteiger partial charge in [-0.2, -0.15) is 0 Å². The van der Waals surface area contributed by atoms with Crippen LogP contribution in [0.3, 0.4) is 0 Å². The number of aryl methyl sites for hydroxylation is 2. The normalized spacial score (nSPS) is 23.4. The first-order chi connectivity index (χ1) is 8.99. The van der Waals surface area contributed by atoms with Gasteiger partial charge in [0.05, 0.1) is 5.92 Å². The van der Waals surface area contributed by atoms with Crippen LogP contribution >= 0.6 is 0 Å². The van der Waals surface area contributed by atoms with Crippen molar-refractivity contribution in [2.45, 2.75) is 33.6 Å². The van der Waals surface area contributed by atoms with Gasteiger partial charge < -0.3 is 10.0 Å². The second-order valence-corrected chi connectivity index (χ2v) is 5.42. The summed E-state index contributed by atoms with van der Waals surface area (Å²) in [5, 5.41) is 9.22. The molecule has 0 aromatic carbocycles. The molecule has 0 aliphatic carbocycles. The van der Waals surface area contributed by atoms with Gasteiger partial charge in [-0.15, -0.1) is 0 Å². The van der Waals surface area contributed by atoms with E-state index in [1.807, 2.05) is 19.9 Å². The average Bonchev–Trinajstić information content (AvgIpc) is 2.37. The lowest BCUT2D eigenvalue weighted by Gasteiger charge is -2.35. The molecule has 0 amide bonds. The quantitative estimate of drug-likeness (QED) is 0.902. The lowest BCUT2D eigenvalue weighted by molar-refractivity contribution is -0.142. The highest BCUT2D eigenvalue weighted by Gasteiger charge is 2.30. The molecule has 1 aromatic rings. The van der Waals surface area contributed by atoms with Crippen molar-refractivity contribution >= 4 is 11.8 Å². The third-order valence-corrected chi connectivity index (χ3v) is 3.54. The summed E-state index contributed by atoms with van der Waals surface area (Å²) in [6.45, 7) is 7.48. The minimum atomic E-state index is -0.710. The highest BCUT2D eigenvalue weighted by molar-refractivity contribution is 5.71. The van der Waals surface area contributed by atoms with E-state index in [0.717, 1.165) is 36.7 Å². The van der Waals surface area contributed by atoms with Crippen LogP contribution < -0.4 is 4.90 Å². The van der Waals surface area contributed by atoms with Gasteiger partial charge in [0.1, 0.15) is 11.6 Å². The number of nitrogens with zero attached hydrogens (tertiary/aromatic N) is 3. The molecule has 0 spiro atoms. The van der Waals surface area contributed by atoms with Crippen molar-refractivity contribution in [3.05, 3.63) is 17.6 Å². The number of rotatable bonds is 3. The average molecular weight is 263 g/mol. The van der Waals surface area contributed by atoms with Crippen molar-refractivity contribution in [1.29, 1.82) is 0 Å². The van der Waals surface area contributed by atoms with Gasteiger partial charge in [0.25, 0.3) is 0 Å². The van der Waals surface area contributed by atoms with Crippen molar-refractivity contribution < 1.29 is 9.90 Å². The zero-order valence-corrected chi connectivity index (χ0v) is 11.8. The van der Waals surface area contributed by atoms with E-state index in [2.05, 4.69) is 21.8 Å². The first-order valence-corrected chi connectivity index (χ1v) is 6.82. The highest BCUT2D eigenvalue weighted by atomic mass is 16.4. The SMILES string of the molecule is CCc1nc(C)cc(N2CC(C)CC(C(=O)O)C2)n1. The number of anilines is 1. The fraction of sp³-hybridized carbons (Fsp3) is 0.643. The maximum atomic E-state index is 11.2. The smallest absolute Gasteiger partial charge is 0.308 e. The lowest BCUT2D eigenvalue weighted by atomic mass is 9.90. The Hall–Kier alpha value is -1.65. The molecule has 0 radical (unpaired) electrons. The van der Waals surface area contributed by atoms with Crippen LogP contribution in [0.2, 0.25) is 0 Å². The molecule has 1 aliphatic heterocycles. The van der Waals surface area contributed by atoms with Crippen LogP contribution in [0.4, 0.5) is 5.82 Å². The standard InChI is InChI=1S/C14H21N3O2/c1-4-12-15-10(3)6-13(16-12)17-7-9(2)5-11(8-17)14(18)19/h6,9,11H,4-5,7-8H2,1-3H3,(H,18,19). The van der Waals surface area contributed by atoms with Crippen molar-refractivity contribution in [3.63, 3.8) is 0 Å². The van der Waals surface area contributed by atoms with Gasteiger partial charge in [0, 0.05) is 31.3 Å². The minimum Gasteiger partial charge on any atom is -0.481 e. The van der Waals surface area contributed by atoms with E-state index in [-0.39, 0.29) is 5.92 Å². The molecule has 0 bridgehead atoms. The van der Waals surface area contributed by atoms with Crippen LogP contribution in [-0.4, -0.2) is 34.1 Å². The molecule has 104 valence electrons. The summed E-state index contributed by atoms with van der Waals surface area (Å²) < 4.78 is 0. The molecular formula is C14H21N3O2. The van der Waals surface area contributed by atoms with Crippen molar-refractivity contribution in [2.75, 3.05) is 18.0 Å². The second kappa shape index (κ2) is 5.55. The Morgan fingerprint density at radius 1 is 1.47 bits per heavy atom. The molecule has 2 heterocycles. The van der Waals surface area contributed by atoms with Crippen LogP contribution in [0.15, 0.2) is 6.07 Å². The summed E-state index contributed by atoms with van der Waals surface area (Å²) >= 11 is 0. The Kier molecular flexibility index (Phi) is 4.02. The van der Waals surface area contributed by atoms with Gasteiger partial charge in [-0.3, -0.25) is 4.79 Å². The molecule has 2 rings (SSSR count). The lowest BCUT2D eigenvalue weighted by Crippen LogP contribution is -2.43. The summed E-state index contributed by atoms with van der Waals surface area (Å²) in [6, 6.07) is 1.94. The van der Waals surface area contributed by atoms with E-state index in [0.29, 0.717) is 12.5 Å². The molecule has 1 aliphatic rings. The predicted molar refractivity (Wildman–Crippen MR) is 73.3 cm³/mol. The van der Waals surface area contributed by atoms with Gasteiger partial charge in [0.15, 0.2) is 0 Å². The molecule has 19 heavy (non-hydrogen) atoms. The molecule has 2 unspecified atom stereocenters. The van der Waals surface area contributed by atoms with Crippen LogP contribution in [0.5, 0.6) is 0 Å². The molecule has 0 saturated carbocycles. The summed E-state index contributed by atoms with van der Waals surface area (Å²) in [5.74, 6) is 1.04. The van der Waals surface area contributed by atoms with Crippen molar-refractivity contribution in [2.24, 2.45) is 11.8 Å². The fourth-order valence-electron chi connectivity index (χ4n) is 2.65. The largest absolute Gasteiger partial charge is 0.481 e. The zero-order valence-electron chi connectivity index (χ0n) is 11.8. The molecule has 1 aromatic heterocycles. The van der Waals surface area contributed by atoms with E-state index < -0.39 is 5.97 Å². The van der Waals surface area contributed by atoms with Gasteiger partial charge in [-0.25, -0.2) is 9.97 Å². The first kappa shape index (κ1) is 13.8. The predicted octanol–water partition coefficient (Wildman–Crippen LogP) is 1.89. The topological polar surface area (TPSA) is 66.3 Å². The van der Waals surface area contributed by atoms with E-state index in [1.54, 1.807) is 0 Å². The summed E-state index contributed by atoms with van der Waals surface area (Å²) in [7, 11) is 0. The van der Waals surface area contributed by atoms with Crippen molar-refractivity contribution in [3.8, 4) is 0 Å². The number of aliphatic carboxylic acids is 1. The van der Waals surface area contributed by atoms with E-state index in [4.69, 9.17) is 0 Å². The molecule has 1 fully saturated rings. The number of hydrogen-bond acceptors (Lipinski definition) is 4. The summed E-state index contributed by atoms with van der Waals surface area (Å²) in [5.41, 5.74) is 0.937. The Balaban J connectivity index is 2.25. The second-order valence-electron chi connectivity index (χ2n) is 5.42. The van der Waals surface area contributed by atoms with Crippen LogP contribution in [0.25, 0.3) is 0 Å². The molecular weight excluding hydrogens is 242 g/mol. The number of carboxylic acids is 1. The van der Waals surface area contributed by atoms with E-state index in [1.165, 1.54) is 0 Å². The number of piperidine rings is 1. The van der Waals surface area contributed by atoms with E-state index >= 15 is 0 Å². The van der Waals surface area contributed by atoms with Crippen LogP contribution in [0.1, 0.15) is 31.8 Å². The fourth-order valence-corrected chi connectivity index (χ4v) is 2.65. The van der Waals surface area contributed by atoms with Gasteiger partial charge >= 0.3 is 5.97 Å². The molecule has 5 heteroatoms. The zero-order chi connectivity index (χ0) is 14.0. The van der Waals surface area contributed by atoms with Crippen LogP contribution in [-0.2, 0) is 11.2 Å². The highest BCUT2D eigenvalue weighted by Crippen LogP contribution is 2.26. The van der Waals surface area contributed by atoms with Crippen molar-refractivity contribution in [1.82, 2.24) is 9.97 Å². The maximum absolute atomic E-state index is 11.2. The number of carboxylic acid groups (broad SMARTS) is 1. The number of aromatic nitrogens is 2. The van der Waals surface area contributed by atoms with Gasteiger partial charge in [-0.05, 0) is 19.3 Å². The molecule has 5 nitrogen and oxygen atoms in total. The van der Waals surface area contributed by atoms with Gasteiger partial charge in [0.2, 0.25) is 0 Å². The maximum Gasteiger partial charge on any atom is 0.308 e. The third-order valence-electron chi connectivity index (χ3n) is 3.54. The minimum absolute atomic E-state index is 0.302. The van der Waals surface area contributed by atoms with Gasteiger partial charge in [-0.1, -0.05) is 13.8 Å². The Labute approximate surface area is 113 Å².